The average Bonchev–Trinajstić information content (AvgIpc) is 2.58. The van der Waals surface area contributed by atoms with Crippen molar-refractivity contribution < 1.29 is 9.84 Å². The van der Waals surface area contributed by atoms with Crippen molar-refractivity contribution in [3.05, 3.63) is 0 Å². The lowest BCUT2D eigenvalue weighted by Crippen LogP contribution is -2.50. The fourth-order valence-electron chi connectivity index (χ4n) is 2.44. The fraction of sp³-hybridized carbons (Fsp3) is 1.00. The Morgan fingerprint density at radius 3 is 2.80 bits per heavy atom. The van der Waals surface area contributed by atoms with Gasteiger partial charge in [0.1, 0.15) is 0 Å². The second-order valence-electron chi connectivity index (χ2n) is 4.97. The SMILES string of the molecule is CCCOC1CCC(CO)(NC(C)C)C1. The van der Waals surface area contributed by atoms with Gasteiger partial charge in [0.05, 0.1) is 12.7 Å². The van der Waals surface area contributed by atoms with Crippen LogP contribution < -0.4 is 5.32 Å². The zero-order chi connectivity index (χ0) is 11.3. The van der Waals surface area contributed by atoms with Crippen molar-refractivity contribution in [1.29, 1.82) is 0 Å². The first kappa shape index (κ1) is 12.9. The number of ether oxygens (including phenoxy) is 1. The predicted octanol–water partition coefficient (Wildman–Crippen LogP) is 1.69. The molecule has 0 spiro atoms. The van der Waals surface area contributed by atoms with E-state index in [1.165, 1.54) is 0 Å². The first-order valence-corrected chi connectivity index (χ1v) is 6.12. The summed E-state index contributed by atoms with van der Waals surface area (Å²) in [5, 5.41) is 13.0. The van der Waals surface area contributed by atoms with E-state index in [9.17, 15) is 5.11 Å². The maximum atomic E-state index is 9.49. The molecule has 3 nitrogen and oxygen atoms in total. The quantitative estimate of drug-likeness (QED) is 0.708. The van der Waals surface area contributed by atoms with Gasteiger partial charge in [-0.2, -0.15) is 0 Å². The van der Waals surface area contributed by atoms with E-state index in [-0.39, 0.29) is 12.1 Å². The molecule has 0 bridgehead atoms. The van der Waals surface area contributed by atoms with E-state index in [4.69, 9.17) is 4.74 Å². The van der Waals surface area contributed by atoms with Gasteiger partial charge in [0.15, 0.2) is 0 Å². The summed E-state index contributed by atoms with van der Waals surface area (Å²) in [7, 11) is 0. The van der Waals surface area contributed by atoms with Crippen LogP contribution in [-0.2, 0) is 4.74 Å². The maximum absolute atomic E-state index is 9.49. The van der Waals surface area contributed by atoms with Gasteiger partial charge in [-0.3, -0.25) is 0 Å². The Labute approximate surface area is 93.2 Å². The van der Waals surface area contributed by atoms with Crippen molar-refractivity contribution >= 4 is 0 Å². The van der Waals surface area contributed by atoms with E-state index < -0.39 is 0 Å². The van der Waals surface area contributed by atoms with Gasteiger partial charge in [-0.1, -0.05) is 20.8 Å². The summed E-state index contributed by atoms with van der Waals surface area (Å²) in [6.45, 7) is 7.43. The van der Waals surface area contributed by atoms with Crippen molar-refractivity contribution in [3.63, 3.8) is 0 Å². The van der Waals surface area contributed by atoms with E-state index in [2.05, 4.69) is 26.1 Å². The molecule has 0 aromatic rings. The van der Waals surface area contributed by atoms with Gasteiger partial charge >= 0.3 is 0 Å². The van der Waals surface area contributed by atoms with Crippen molar-refractivity contribution in [2.75, 3.05) is 13.2 Å². The van der Waals surface area contributed by atoms with Crippen molar-refractivity contribution in [1.82, 2.24) is 5.32 Å². The third-order valence-corrected chi connectivity index (χ3v) is 3.02. The lowest BCUT2D eigenvalue weighted by molar-refractivity contribution is 0.0462. The molecule has 2 N–H and O–H groups in total. The van der Waals surface area contributed by atoms with Crippen LogP contribution in [0, 0.1) is 0 Å². The van der Waals surface area contributed by atoms with Crippen molar-refractivity contribution in [2.45, 2.75) is 64.1 Å². The molecule has 2 atom stereocenters. The third-order valence-electron chi connectivity index (χ3n) is 3.02. The van der Waals surface area contributed by atoms with Crippen LogP contribution in [0.5, 0.6) is 0 Å². The zero-order valence-electron chi connectivity index (χ0n) is 10.3. The molecule has 1 aliphatic rings. The normalized spacial score (nSPS) is 31.4. The highest BCUT2D eigenvalue weighted by Gasteiger charge is 2.39. The summed E-state index contributed by atoms with van der Waals surface area (Å²) in [5.74, 6) is 0. The van der Waals surface area contributed by atoms with Gasteiger partial charge in [-0.05, 0) is 25.7 Å². The molecule has 1 aliphatic carbocycles. The van der Waals surface area contributed by atoms with Crippen LogP contribution in [0.3, 0.4) is 0 Å². The summed E-state index contributed by atoms with van der Waals surface area (Å²) in [6, 6.07) is 0.419. The molecule has 0 heterocycles. The van der Waals surface area contributed by atoms with Gasteiger partial charge in [-0.15, -0.1) is 0 Å². The second-order valence-corrected chi connectivity index (χ2v) is 4.97. The minimum atomic E-state index is -0.0907. The second kappa shape index (κ2) is 5.83. The van der Waals surface area contributed by atoms with Crippen LogP contribution in [-0.4, -0.2) is 36.0 Å². The van der Waals surface area contributed by atoms with Crippen LogP contribution in [0.4, 0.5) is 0 Å². The molecule has 0 amide bonds. The van der Waals surface area contributed by atoms with Crippen LogP contribution in [0.25, 0.3) is 0 Å². The number of aliphatic hydroxyl groups excluding tert-OH is 1. The molecular formula is C12H25NO2. The molecule has 0 aromatic carbocycles. The number of rotatable bonds is 6. The fourth-order valence-corrected chi connectivity index (χ4v) is 2.44. The summed E-state index contributed by atoms with van der Waals surface area (Å²) >= 11 is 0. The van der Waals surface area contributed by atoms with Gasteiger partial charge < -0.3 is 15.2 Å². The highest BCUT2D eigenvalue weighted by atomic mass is 16.5. The van der Waals surface area contributed by atoms with Gasteiger partial charge in [0.2, 0.25) is 0 Å². The molecule has 1 saturated carbocycles. The largest absolute Gasteiger partial charge is 0.394 e. The summed E-state index contributed by atoms with van der Waals surface area (Å²) in [5.41, 5.74) is -0.0907. The maximum Gasteiger partial charge on any atom is 0.0614 e. The summed E-state index contributed by atoms with van der Waals surface area (Å²) in [6.07, 6.45) is 4.45. The topological polar surface area (TPSA) is 41.5 Å². The minimum Gasteiger partial charge on any atom is -0.394 e. The van der Waals surface area contributed by atoms with Crippen LogP contribution in [0.1, 0.15) is 46.5 Å². The van der Waals surface area contributed by atoms with Gasteiger partial charge in [0, 0.05) is 18.2 Å². The summed E-state index contributed by atoms with van der Waals surface area (Å²) in [4.78, 5) is 0. The van der Waals surface area contributed by atoms with Crippen molar-refractivity contribution in [3.8, 4) is 0 Å². The number of aliphatic hydroxyl groups is 1. The Hall–Kier alpha value is -0.120. The standard InChI is InChI=1S/C12H25NO2/c1-4-7-15-11-5-6-12(8-11,9-14)13-10(2)3/h10-11,13-14H,4-9H2,1-3H3. The Morgan fingerprint density at radius 2 is 2.27 bits per heavy atom. The molecule has 15 heavy (non-hydrogen) atoms. The van der Waals surface area contributed by atoms with E-state index in [0.717, 1.165) is 32.3 Å². The highest BCUT2D eigenvalue weighted by molar-refractivity contribution is 4.97. The van der Waals surface area contributed by atoms with Gasteiger partial charge in [-0.25, -0.2) is 0 Å². The van der Waals surface area contributed by atoms with Crippen molar-refractivity contribution in [2.24, 2.45) is 0 Å². The molecule has 90 valence electrons. The molecule has 0 radical (unpaired) electrons. The van der Waals surface area contributed by atoms with E-state index in [0.29, 0.717) is 12.1 Å². The Kier molecular flexibility index (Phi) is 5.03. The summed E-state index contributed by atoms with van der Waals surface area (Å²) < 4.78 is 5.74. The van der Waals surface area contributed by atoms with Crippen LogP contribution in [0.2, 0.25) is 0 Å². The zero-order valence-corrected chi connectivity index (χ0v) is 10.3. The van der Waals surface area contributed by atoms with Gasteiger partial charge in [0.25, 0.3) is 0 Å². The lowest BCUT2D eigenvalue weighted by atomic mass is 9.97. The Balaban J connectivity index is 2.42. The molecule has 0 aliphatic heterocycles. The molecule has 1 rings (SSSR count). The Morgan fingerprint density at radius 1 is 1.53 bits per heavy atom. The number of nitrogens with one attached hydrogen (secondary N) is 1. The molecule has 2 unspecified atom stereocenters. The first-order valence-electron chi connectivity index (χ1n) is 6.12. The third kappa shape index (κ3) is 3.74. The average molecular weight is 215 g/mol. The molecule has 0 aromatic heterocycles. The molecular weight excluding hydrogens is 190 g/mol. The number of hydrogen-bond donors (Lipinski definition) is 2. The van der Waals surface area contributed by atoms with Crippen LogP contribution >= 0.6 is 0 Å². The molecule has 0 saturated heterocycles. The first-order chi connectivity index (χ1) is 7.12. The van der Waals surface area contributed by atoms with E-state index in [1.807, 2.05) is 0 Å². The molecule has 3 heteroatoms. The minimum absolute atomic E-state index is 0.0907. The molecule has 1 fully saturated rings. The monoisotopic (exact) mass is 215 g/mol. The predicted molar refractivity (Wildman–Crippen MR) is 62.0 cm³/mol. The number of hydrogen-bond acceptors (Lipinski definition) is 3. The highest BCUT2D eigenvalue weighted by Crippen LogP contribution is 2.32. The lowest BCUT2D eigenvalue weighted by Gasteiger charge is -2.31. The van der Waals surface area contributed by atoms with Crippen LogP contribution in [0.15, 0.2) is 0 Å². The Bertz CT molecular complexity index is 184. The van der Waals surface area contributed by atoms with E-state index in [1.54, 1.807) is 0 Å². The van der Waals surface area contributed by atoms with E-state index >= 15 is 0 Å². The smallest absolute Gasteiger partial charge is 0.0614 e.